The van der Waals surface area contributed by atoms with Crippen molar-refractivity contribution in [1.29, 1.82) is 0 Å². The number of rotatable bonds is 0. The second kappa shape index (κ2) is 120. The van der Waals surface area contributed by atoms with E-state index in [0.29, 0.717) is 0 Å². The molecule has 0 atom stereocenters. The van der Waals surface area contributed by atoms with E-state index in [4.69, 9.17) is 0 Å². The number of hydrogen-bond acceptors (Lipinski definition) is 0. The van der Waals surface area contributed by atoms with Crippen LogP contribution in [-0.2, 0) is 32.7 Å². The summed E-state index contributed by atoms with van der Waals surface area (Å²) < 4.78 is 0. The predicted molar refractivity (Wildman–Crippen MR) is 160 cm³/mol. The molecule has 1 heteroatoms. The van der Waals surface area contributed by atoms with Crippen LogP contribution in [0, 0.1) is 0 Å². The van der Waals surface area contributed by atoms with Crippen molar-refractivity contribution < 1.29 is 32.7 Å². The molecule has 32 heavy (non-hydrogen) atoms. The third-order valence-electron chi connectivity index (χ3n) is 3.75. The quantitative estimate of drug-likeness (QED) is 0.287. The maximum Gasteiger partial charge on any atom is 0 e. The van der Waals surface area contributed by atoms with Gasteiger partial charge in [0.05, 0.1) is 0 Å². The smallest absolute Gasteiger partial charge is 0 e. The fourth-order valence-corrected chi connectivity index (χ4v) is 2.65. The maximum absolute atomic E-state index is 2.00. The molecule has 1 aliphatic carbocycles. The van der Waals surface area contributed by atoms with Gasteiger partial charge < -0.3 is 0 Å². The van der Waals surface area contributed by atoms with Crippen LogP contribution in [0.4, 0.5) is 0 Å². The summed E-state index contributed by atoms with van der Waals surface area (Å²) in [5, 5.41) is 0. The van der Waals surface area contributed by atoms with Crippen LogP contribution in [-0.4, -0.2) is 0 Å². The molecule has 0 bridgehead atoms. The summed E-state index contributed by atoms with van der Waals surface area (Å²) in [4.78, 5) is 0. The Hall–Kier alpha value is 1.10. The Balaban J connectivity index is -0.0000000378. The van der Waals surface area contributed by atoms with Crippen molar-refractivity contribution >= 4 is 0 Å². The SMILES string of the molecule is C1CCCCCCCCCCCCCC1.CC.CC.CC.CC.CC.CC.CC.CC.[Y]. The molecule has 1 aliphatic rings. The van der Waals surface area contributed by atoms with Crippen LogP contribution in [0.2, 0.25) is 0 Å². The average molecular weight is 540 g/mol. The monoisotopic (exact) mass is 540 g/mol. The molecule has 0 saturated heterocycles. The van der Waals surface area contributed by atoms with E-state index in [0.717, 1.165) is 0 Å². The molecule has 1 fully saturated rings. The Morgan fingerprint density at radius 1 is 0.156 bits per heavy atom. The fourth-order valence-electron chi connectivity index (χ4n) is 2.65. The molecule has 0 N–H and O–H groups in total. The van der Waals surface area contributed by atoms with Gasteiger partial charge in [-0.3, -0.25) is 0 Å². The molecule has 205 valence electrons. The van der Waals surface area contributed by atoms with E-state index in [1.807, 2.05) is 111 Å². The van der Waals surface area contributed by atoms with Gasteiger partial charge in [0, 0.05) is 32.7 Å². The zero-order valence-corrected chi connectivity index (χ0v) is 30.0. The summed E-state index contributed by atoms with van der Waals surface area (Å²) in [5.74, 6) is 0. The fraction of sp³-hybridized carbons (Fsp3) is 1.00. The summed E-state index contributed by atoms with van der Waals surface area (Å²) in [6.45, 7) is 32.0. The van der Waals surface area contributed by atoms with Gasteiger partial charge in [-0.2, -0.15) is 0 Å². The van der Waals surface area contributed by atoms with E-state index in [2.05, 4.69) is 0 Å². The second-order valence-electron chi connectivity index (χ2n) is 5.30. The molecule has 0 aromatic carbocycles. The molecule has 0 heterocycles. The molecule has 0 aromatic rings. The number of hydrogen-bond donors (Lipinski definition) is 0. The minimum Gasteiger partial charge on any atom is -0.0683 e. The van der Waals surface area contributed by atoms with Crippen LogP contribution in [0.3, 0.4) is 0 Å². The van der Waals surface area contributed by atoms with Crippen molar-refractivity contribution in [2.24, 2.45) is 0 Å². The molecule has 1 radical (unpaired) electrons. The third-order valence-corrected chi connectivity index (χ3v) is 3.75. The van der Waals surface area contributed by atoms with Crippen molar-refractivity contribution in [3.8, 4) is 0 Å². The van der Waals surface area contributed by atoms with Gasteiger partial charge in [-0.15, -0.1) is 0 Å². The molecule has 0 nitrogen and oxygen atoms in total. The van der Waals surface area contributed by atoms with Crippen molar-refractivity contribution in [3.05, 3.63) is 0 Å². The van der Waals surface area contributed by atoms with Crippen molar-refractivity contribution in [3.63, 3.8) is 0 Å². The Morgan fingerprint density at radius 2 is 0.188 bits per heavy atom. The van der Waals surface area contributed by atoms with Gasteiger partial charge in [0.1, 0.15) is 0 Å². The first-order chi connectivity index (χ1) is 15.5. The molecule has 0 spiro atoms. The van der Waals surface area contributed by atoms with Crippen LogP contribution in [0.15, 0.2) is 0 Å². The summed E-state index contributed by atoms with van der Waals surface area (Å²) in [5.41, 5.74) is 0. The van der Waals surface area contributed by atoms with Gasteiger partial charge >= 0.3 is 0 Å². The summed E-state index contributed by atoms with van der Waals surface area (Å²) in [6, 6.07) is 0. The van der Waals surface area contributed by atoms with Gasteiger partial charge in [0.2, 0.25) is 0 Å². The predicted octanol–water partition coefficient (Wildman–Crippen LogP) is 14.1. The van der Waals surface area contributed by atoms with Crippen molar-refractivity contribution in [1.82, 2.24) is 0 Å². The van der Waals surface area contributed by atoms with E-state index in [-0.39, 0.29) is 32.7 Å². The molecule has 0 unspecified atom stereocenters. The van der Waals surface area contributed by atoms with Crippen molar-refractivity contribution in [2.75, 3.05) is 0 Å². The summed E-state index contributed by atoms with van der Waals surface area (Å²) >= 11 is 0. The third kappa shape index (κ3) is 109. The topological polar surface area (TPSA) is 0 Å². The van der Waals surface area contributed by atoms with Crippen molar-refractivity contribution in [2.45, 2.75) is 207 Å². The Bertz CT molecular complexity index is 65.0. The molecule has 1 rings (SSSR count). The normalized spacial score (nSPS) is 12.8. The zero-order valence-electron chi connectivity index (χ0n) is 27.2. The maximum atomic E-state index is 2.00. The zero-order chi connectivity index (χ0) is 26.6. The molecule has 0 aliphatic heterocycles. The van der Waals surface area contributed by atoms with Gasteiger partial charge in [-0.05, 0) is 0 Å². The van der Waals surface area contributed by atoms with Gasteiger partial charge in [-0.25, -0.2) is 0 Å². The second-order valence-corrected chi connectivity index (χ2v) is 5.30. The molecule has 0 amide bonds. The van der Waals surface area contributed by atoms with E-state index in [1.165, 1.54) is 96.3 Å². The Labute approximate surface area is 238 Å². The van der Waals surface area contributed by atoms with Crippen LogP contribution < -0.4 is 0 Å². The summed E-state index contributed by atoms with van der Waals surface area (Å²) in [6.07, 6.45) is 22.5. The van der Waals surface area contributed by atoms with Crippen LogP contribution in [0.25, 0.3) is 0 Å². The standard InChI is InChI=1S/C15H30.8C2H6.Y/c1-2-4-6-8-10-12-14-15-13-11-9-7-5-3-1;8*1-2;/h1-15H2;8*1-2H3;. The average Bonchev–Trinajstić information content (AvgIpc) is 2.93. The van der Waals surface area contributed by atoms with Crippen LogP contribution >= 0.6 is 0 Å². The van der Waals surface area contributed by atoms with Crippen LogP contribution in [0.5, 0.6) is 0 Å². The van der Waals surface area contributed by atoms with Gasteiger partial charge in [-0.1, -0.05) is 207 Å². The van der Waals surface area contributed by atoms with E-state index in [1.54, 1.807) is 0 Å². The molecule has 1 saturated carbocycles. The van der Waals surface area contributed by atoms with E-state index >= 15 is 0 Å². The van der Waals surface area contributed by atoms with E-state index < -0.39 is 0 Å². The van der Waals surface area contributed by atoms with Gasteiger partial charge in [0.15, 0.2) is 0 Å². The molecule has 0 aromatic heterocycles. The summed E-state index contributed by atoms with van der Waals surface area (Å²) in [7, 11) is 0. The first kappa shape index (κ1) is 58.7. The molecular weight excluding hydrogens is 461 g/mol. The Morgan fingerprint density at radius 3 is 0.219 bits per heavy atom. The van der Waals surface area contributed by atoms with Gasteiger partial charge in [0.25, 0.3) is 0 Å². The first-order valence-electron chi connectivity index (χ1n) is 15.5. The first-order valence-corrected chi connectivity index (χ1v) is 15.5. The minimum absolute atomic E-state index is 0. The molecular formula is C31H78Y. The van der Waals surface area contributed by atoms with Crippen LogP contribution in [0.1, 0.15) is 207 Å². The van der Waals surface area contributed by atoms with E-state index in [9.17, 15) is 0 Å². The minimum atomic E-state index is 0. The Kier molecular flexibility index (Phi) is 220. The largest absolute Gasteiger partial charge is 0.0683 e.